The molecule has 3 nitrogen and oxygen atoms in total. The molecule has 0 heterocycles. The Hall–Kier alpha value is -1.13. The monoisotopic (exact) mass is 244 g/mol. The molecular weight excluding hydrogens is 231 g/mol. The highest BCUT2D eigenvalue weighted by atomic mass is 35.5. The van der Waals surface area contributed by atoms with Gasteiger partial charge in [0.1, 0.15) is 5.82 Å². The van der Waals surface area contributed by atoms with Gasteiger partial charge in [0, 0.05) is 11.8 Å². The lowest BCUT2D eigenvalue weighted by atomic mass is 10.0. The molecule has 0 saturated heterocycles. The van der Waals surface area contributed by atoms with Gasteiger partial charge in [0.05, 0.1) is 6.04 Å². The van der Waals surface area contributed by atoms with E-state index in [4.69, 9.17) is 11.8 Å². The molecule has 0 spiro atoms. The van der Waals surface area contributed by atoms with E-state index in [2.05, 4.69) is 4.84 Å². The minimum Gasteiger partial charge on any atom is -0.298 e. The zero-order valence-corrected chi connectivity index (χ0v) is 9.96. The van der Waals surface area contributed by atoms with Gasteiger partial charge in [0.2, 0.25) is 0 Å². The van der Waals surface area contributed by atoms with Crippen molar-refractivity contribution in [3.05, 3.63) is 35.6 Å². The van der Waals surface area contributed by atoms with E-state index in [0.29, 0.717) is 6.42 Å². The smallest absolute Gasteiger partial charge is 0.251 e. The molecule has 88 valence electrons. The summed E-state index contributed by atoms with van der Waals surface area (Å²) in [5, 5.41) is 0. The number of hydrogen-bond acceptors (Lipinski definition) is 2. The Labute approximate surface area is 99.3 Å². The molecule has 16 heavy (non-hydrogen) atoms. The number of nitrogens with zero attached hydrogens (tertiary/aromatic N) is 1. The molecule has 0 bridgehead atoms. The highest BCUT2D eigenvalue weighted by Crippen LogP contribution is 2.09. The lowest BCUT2D eigenvalue weighted by Crippen LogP contribution is -2.42. The number of amides is 1. The van der Waals surface area contributed by atoms with Crippen LogP contribution < -0.4 is 4.84 Å². The van der Waals surface area contributed by atoms with Crippen LogP contribution in [0.3, 0.4) is 0 Å². The summed E-state index contributed by atoms with van der Waals surface area (Å²) in [6.45, 7) is 0. The number of rotatable bonds is 4. The number of carbonyl (C=O) groups is 1. The number of halogens is 2. The van der Waals surface area contributed by atoms with Crippen molar-refractivity contribution in [3.63, 3.8) is 0 Å². The number of benzene rings is 1. The second kappa shape index (κ2) is 5.82. The average Bonchev–Trinajstić information content (AvgIpc) is 2.24. The van der Waals surface area contributed by atoms with Crippen LogP contribution in [0.2, 0.25) is 0 Å². The van der Waals surface area contributed by atoms with E-state index in [1.54, 1.807) is 31.1 Å². The highest BCUT2D eigenvalue weighted by molar-refractivity contribution is 6.22. The highest BCUT2D eigenvalue weighted by Gasteiger charge is 2.20. The zero-order valence-electron chi connectivity index (χ0n) is 9.21. The van der Waals surface area contributed by atoms with Crippen molar-refractivity contribution in [1.82, 2.24) is 9.74 Å². The number of nitrogens with one attached hydrogen (secondary N) is 1. The molecular formula is C11H14ClFN2O. The van der Waals surface area contributed by atoms with Crippen LogP contribution in [0.15, 0.2) is 24.3 Å². The van der Waals surface area contributed by atoms with Crippen molar-refractivity contribution in [2.75, 3.05) is 14.1 Å². The molecule has 0 unspecified atom stereocenters. The third-order valence-corrected chi connectivity index (χ3v) is 2.52. The molecule has 0 aromatic heterocycles. The lowest BCUT2D eigenvalue weighted by molar-refractivity contribution is -0.123. The Morgan fingerprint density at radius 1 is 1.56 bits per heavy atom. The molecule has 0 aliphatic rings. The van der Waals surface area contributed by atoms with Crippen LogP contribution in [-0.2, 0) is 11.2 Å². The first-order chi connectivity index (χ1) is 7.54. The van der Waals surface area contributed by atoms with Gasteiger partial charge < -0.3 is 0 Å². The Balaban J connectivity index is 2.79. The van der Waals surface area contributed by atoms with Gasteiger partial charge in [0.15, 0.2) is 0 Å². The molecule has 0 radical (unpaired) electrons. The largest absolute Gasteiger partial charge is 0.298 e. The minimum atomic E-state index is -0.403. The van der Waals surface area contributed by atoms with Gasteiger partial charge in [-0.3, -0.25) is 14.5 Å². The first kappa shape index (κ1) is 12.9. The summed E-state index contributed by atoms with van der Waals surface area (Å²) >= 11 is 5.29. The molecule has 5 heteroatoms. The van der Waals surface area contributed by atoms with Gasteiger partial charge in [-0.25, -0.2) is 4.39 Å². The van der Waals surface area contributed by atoms with Crippen LogP contribution in [0.1, 0.15) is 5.56 Å². The second-order valence-corrected chi connectivity index (χ2v) is 3.96. The second-order valence-electron chi connectivity index (χ2n) is 3.77. The van der Waals surface area contributed by atoms with Crippen molar-refractivity contribution < 1.29 is 9.18 Å². The fourth-order valence-electron chi connectivity index (χ4n) is 1.46. The predicted octanol–water partition coefficient (Wildman–Crippen LogP) is 1.57. The van der Waals surface area contributed by atoms with E-state index < -0.39 is 6.04 Å². The van der Waals surface area contributed by atoms with Crippen LogP contribution in [0.25, 0.3) is 0 Å². The summed E-state index contributed by atoms with van der Waals surface area (Å²) < 4.78 is 13.0. The Morgan fingerprint density at radius 2 is 2.25 bits per heavy atom. The first-order valence-corrected chi connectivity index (χ1v) is 5.23. The Bertz CT molecular complexity index is 371. The van der Waals surface area contributed by atoms with Crippen molar-refractivity contribution in [2.45, 2.75) is 12.5 Å². The van der Waals surface area contributed by atoms with Gasteiger partial charge in [-0.05, 0) is 38.2 Å². The van der Waals surface area contributed by atoms with Crippen molar-refractivity contribution in [3.8, 4) is 0 Å². The van der Waals surface area contributed by atoms with E-state index in [1.807, 2.05) is 0 Å². The molecule has 0 aliphatic carbocycles. The SMILES string of the molecule is CN(C)[C@@H](Cc1cccc(F)c1)C(=O)NCl. The first-order valence-electron chi connectivity index (χ1n) is 4.86. The van der Waals surface area contributed by atoms with Gasteiger partial charge in [-0.1, -0.05) is 12.1 Å². The maximum atomic E-state index is 13.0. The van der Waals surface area contributed by atoms with Gasteiger partial charge in [0.25, 0.3) is 5.91 Å². The molecule has 0 saturated carbocycles. The van der Waals surface area contributed by atoms with Crippen molar-refractivity contribution in [2.24, 2.45) is 0 Å². The molecule has 1 atom stereocenters. The fraction of sp³-hybridized carbons (Fsp3) is 0.364. The summed E-state index contributed by atoms with van der Waals surface area (Å²) in [7, 11) is 3.55. The normalized spacial score (nSPS) is 12.6. The third kappa shape index (κ3) is 3.47. The number of carbonyl (C=O) groups excluding carboxylic acids is 1. The molecule has 1 aromatic carbocycles. The maximum absolute atomic E-state index is 13.0. The summed E-state index contributed by atoms with van der Waals surface area (Å²) in [6.07, 6.45) is 0.420. The average molecular weight is 245 g/mol. The number of likely N-dealkylation sites (N-methyl/N-ethyl adjacent to an activating group) is 1. The quantitative estimate of drug-likeness (QED) is 0.816. The lowest BCUT2D eigenvalue weighted by Gasteiger charge is -2.21. The summed E-state index contributed by atoms with van der Waals surface area (Å²) in [5.41, 5.74) is 0.763. The van der Waals surface area contributed by atoms with Gasteiger partial charge in [-0.15, -0.1) is 0 Å². The standard InChI is InChI=1S/C11H14ClFN2O/c1-15(2)10(11(16)14-12)7-8-4-3-5-9(13)6-8/h3-6,10H,7H2,1-2H3,(H,14,16)/t10-/m0/s1. The van der Waals surface area contributed by atoms with E-state index in [1.165, 1.54) is 12.1 Å². The summed E-state index contributed by atoms with van der Waals surface area (Å²) in [5.74, 6) is -0.600. The Morgan fingerprint density at radius 3 is 2.75 bits per heavy atom. The summed E-state index contributed by atoms with van der Waals surface area (Å²) in [6, 6.07) is 5.78. The Kier molecular flexibility index (Phi) is 4.71. The van der Waals surface area contributed by atoms with E-state index in [9.17, 15) is 9.18 Å². The zero-order chi connectivity index (χ0) is 12.1. The van der Waals surface area contributed by atoms with Gasteiger partial charge >= 0.3 is 0 Å². The molecule has 0 aliphatic heterocycles. The van der Waals surface area contributed by atoms with Crippen LogP contribution >= 0.6 is 11.8 Å². The predicted molar refractivity (Wildman–Crippen MR) is 61.6 cm³/mol. The molecule has 1 amide bonds. The van der Waals surface area contributed by atoms with Gasteiger partial charge in [-0.2, -0.15) is 0 Å². The van der Waals surface area contributed by atoms with Crippen molar-refractivity contribution in [1.29, 1.82) is 0 Å². The molecule has 1 N–H and O–H groups in total. The third-order valence-electron chi connectivity index (χ3n) is 2.34. The van der Waals surface area contributed by atoms with E-state index in [-0.39, 0.29) is 11.7 Å². The maximum Gasteiger partial charge on any atom is 0.251 e. The van der Waals surface area contributed by atoms with Crippen LogP contribution in [0, 0.1) is 5.82 Å². The van der Waals surface area contributed by atoms with Crippen molar-refractivity contribution >= 4 is 17.7 Å². The number of hydrogen-bond donors (Lipinski definition) is 1. The van der Waals surface area contributed by atoms with E-state index in [0.717, 1.165) is 5.56 Å². The van der Waals surface area contributed by atoms with Crippen LogP contribution in [0.4, 0.5) is 4.39 Å². The molecule has 0 fully saturated rings. The summed E-state index contributed by atoms with van der Waals surface area (Å²) in [4.78, 5) is 15.3. The van der Waals surface area contributed by atoms with Crippen LogP contribution in [0.5, 0.6) is 0 Å². The van der Waals surface area contributed by atoms with Crippen LogP contribution in [-0.4, -0.2) is 30.9 Å². The molecule has 1 aromatic rings. The fourth-order valence-corrected chi connectivity index (χ4v) is 1.59. The molecule has 1 rings (SSSR count). The minimum absolute atomic E-state index is 0.295. The van der Waals surface area contributed by atoms with E-state index >= 15 is 0 Å². The topological polar surface area (TPSA) is 32.3 Å².